The highest BCUT2D eigenvalue weighted by atomic mass is 35.5. The van der Waals surface area contributed by atoms with Gasteiger partial charge in [-0.25, -0.2) is 0 Å². The predicted molar refractivity (Wildman–Crippen MR) is 73.6 cm³/mol. The molecule has 1 atom stereocenters. The van der Waals surface area contributed by atoms with E-state index in [9.17, 15) is 0 Å². The van der Waals surface area contributed by atoms with Crippen molar-refractivity contribution >= 4 is 11.6 Å². The lowest BCUT2D eigenvalue weighted by Crippen LogP contribution is -2.26. The SMILES string of the molecule is CNC(CCC(C)(C)OC)c1ccccc1Cl. The van der Waals surface area contributed by atoms with Crippen LogP contribution in [0.5, 0.6) is 0 Å². The van der Waals surface area contributed by atoms with Crippen LogP contribution in [-0.2, 0) is 4.74 Å². The van der Waals surface area contributed by atoms with Gasteiger partial charge in [0.05, 0.1) is 5.60 Å². The van der Waals surface area contributed by atoms with Gasteiger partial charge in [-0.15, -0.1) is 0 Å². The molecule has 0 fully saturated rings. The van der Waals surface area contributed by atoms with Crippen molar-refractivity contribution < 1.29 is 4.74 Å². The molecule has 2 nitrogen and oxygen atoms in total. The van der Waals surface area contributed by atoms with Crippen LogP contribution >= 0.6 is 11.6 Å². The van der Waals surface area contributed by atoms with Crippen LogP contribution in [-0.4, -0.2) is 19.8 Å². The van der Waals surface area contributed by atoms with Crippen molar-refractivity contribution in [2.75, 3.05) is 14.2 Å². The topological polar surface area (TPSA) is 21.3 Å². The molecule has 0 spiro atoms. The second-order valence-electron chi connectivity index (χ2n) is 4.87. The van der Waals surface area contributed by atoms with E-state index in [0.29, 0.717) is 0 Å². The average molecular weight is 256 g/mol. The number of methoxy groups -OCH3 is 1. The molecule has 1 aromatic rings. The number of halogens is 1. The fourth-order valence-electron chi connectivity index (χ4n) is 1.81. The first-order valence-corrected chi connectivity index (χ1v) is 6.35. The molecular weight excluding hydrogens is 234 g/mol. The lowest BCUT2D eigenvalue weighted by molar-refractivity contribution is 0.0118. The molecule has 96 valence electrons. The van der Waals surface area contributed by atoms with Gasteiger partial charge in [0.1, 0.15) is 0 Å². The van der Waals surface area contributed by atoms with Crippen LogP contribution < -0.4 is 5.32 Å². The summed E-state index contributed by atoms with van der Waals surface area (Å²) >= 11 is 6.21. The summed E-state index contributed by atoms with van der Waals surface area (Å²) in [6.07, 6.45) is 1.99. The van der Waals surface area contributed by atoms with E-state index in [2.05, 4.69) is 25.2 Å². The minimum Gasteiger partial charge on any atom is -0.379 e. The van der Waals surface area contributed by atoms with E-state index in [1.165, 1.54) is 0 Å². The first-order chi connectivity index (χ1) is 8.00. The second kappa shape index (κ2) is 6.39. The lowest BCUT2D eigenvalue weighted by Gasteiger charge is -2.26. The first-order valence-electron chi connectivity index (χ1n) is 5.97. The Morgan fingerprint density at radius 3 is 2.53 bits per heavy atom. The number of rotatable bonds is 6. The summed E-state index contributed by atoms with van der Waals surface area (Å²) < 4.78 is 5.44. The van der Waals surface area contributed by atoms with E-state index < -0.39 is 0 Å². The normalized spacial score (nSPS) is 13.7. The Hall–Kier alpha value is -0.570. The highest BCUT2D eigenvalue weighted by molar-refractivity contribution is 6.31. The van der Waals surface area contributed by atoms with Gasteiger partial charge in [-0.05, 0) is 45.4 Å². The standard InChI is InChI=1S/C14H22ClNO/c1-14(2,17-4)10-9-13(16-3)11-7-5-6-8-12(11)15/h5-8,13,16H,9-10H2,1-4H3. The summed E-state index contributed by atoms with van der Waals surface area (Å²) in [7, 11) is 3.72. The lowest BCUT2D eigenvalue weighted by atomic mass is 9.95. The summed E-state index contributed by atoms with van der Waals surface area (Å²) in [5.74, 6) is 0. The van der Waals surface area contributed by atoms with Gasteiger partial charge in [0.25, 0.3) is 0 Å². The van der Waals surface area contributed by atoms with Crippen molar-refractivity contribution in [2.45, 2.75) is 38.3 Å². The summed E-state index contributed by atoms with van der Waals surface area (Å²) in [5.41, 5.74) is 1.07. The van der Waals surface area contributed by atoms with Crippen molar-refractivity contribution in [3.05, 3.63) is 34.9 Å². The molecule has 1 rings (SSSR count). The molecule has 0 amide bonds. The predicted octanol–water partition coefficient (Wildman–Crippen LogP) is 3.81. The molecule has 0 aliphatic rings. The monoisotopic (exact) mass is 255 g/mol. The number of ether oxygens (including phenoxy) is 1. The van der Waals surface area contributed by atoms with E-state index in [-0.39, 0.29) is 11.6 Å². The van der Waals surface area contributed by atoms with E-state index >= 15 is 0 Å². The number of nitrogens with one attached hydrogen (secondary N) is 1. The maximum atomic E-state index is 6.21. The molecule has 1 unspecified atom stereocenters. The molecule has 1 N–H and O–H groups in total. The molecule has 0 aliphatic heterocycles. The van der Waals surface area contributed by atoms with Crippen LogP contribution in [0.25, 0.3) is 0 Å². The Morgan fingerprint density at radius 2 is 2.00 bits per heavy atom. The van der Waals surface area contributed by atoms with Gasteiger partial charge in [0.2, 0.25) is 0 Å². The third-order valence-corrected chi connectivity index (χ3v) is 3.56. The van der Waals surface area contributed by atoms with E-state index in [4.69, 9.17) is 16.3 Å². The average Bonchev–Trinajstić information content (AvgIpc) is 2.32. The Labute approximate surface area is 109 Å². The highest BCUT2D eigenvalue weighted by Gasteiger charge is 2.20. The van der Waals surface area contributed by atoms with Crippen LogP contribution in [0.2, 0.25) is 5.02 Å². The number of hydrogen-bond donors (Lipinski definition) is 1. The minimum absolute atomic E-state index is 0.0869. The maximum absolute atomic E-state index is 6.21. The van der Waals surface area contributed by atoms with Gasteiger partial charge in [0, 0.05) is 18.2 Å². The second-order valence-corrected chi connectivity index (χ2v) is 5.27. The fourth-order valence-corrected chi connectivity index (χ4v) is 2.07. The van der Waals surface area contributed by atoms with Gasteiger partial charge in [-0.1, -0.05) is 29.8 Å². The molecule has 0 radical (unpaired) electrons. The van der Waals surface area contributed by atoms with Gasteiger partial charge in [-0.2, -0.15) is 0 Å². The van der Waals surface area contributed by atoms with Gasteiger partial charge in [0.15, 0.2) is 0 Å². The molecule has 0 aliphatic carbocycles. The molecule has 0 saturated heterocycles. The van der Waals surface area contributed by atoms with Crippen molar-refractivity contribution in [1.29, 1.82) is 0 Å². The Balaban J connectivity index is 2.70. The fraction of sp³-hybridized carbons (Fsp3) is 0.571. The first kappa shape index (κ1) is 14.5. The summed E-state index contributed by atoms with van der Waals surface area (Å²) in [5, 5.41) is 4.14. The van der Waals surface area contributed by atoms with E-state index in [0.717, 1.165) is 23.4 Å². The van der Waals surface area contributed by atoms with Gasteiger partial charge >= 0.3 is 0 Å². The third-order valence-electron chi connectivity index (χ3n) is 3.22. The van der Waals surface area contributed by atoms with E-state index in [1.54, 1.807) is 7.11 Å². The maximum Gasteiger partial charge on any atom is 0.0623 e. The third kappa shape index (κ3) is 4.30. The van der Waals surface area contributed by atoms with Gasteiger partial charge in [-0.3, -0.25) is 0 Å². The van der Waals surface area contributed by atoms with Crippen molar-refractivity contribution in [3.63, 3.8) is 0 Å². The van der Waals surface area contributed by atoms with Crippen molar-refractivity contribution in [1.82, 2.24) is 5.32 Å². The Bertz CT molecular complexity index is 352. The van der Waals surface area contributed by atoms with Crippen molar-refractivity contribution in [2.24, 2.45) is 0 Å². The summed E-state index contributed by atoms with van der Waals surface area (Å²) in [6.45, 7) is 4.21. The zero-order chi connectivity index (χ0) is 12.9. The zero-order valence-corrected chi connectivity index (χ0v) is 11.8. The highest BCUT2D eigenvalue weighted by Crippen LogP contribution is 2.28. The Morgan fingerprint density at radius 1 is 1.35 bits per heavy atom. The quantitative estimate of drug-likeness (QED) is 0.835. The van der Waals surface area contributed by atoms with Crippen LogP contribution in [0.3, 0.4) is 0 Å². The smallest absolute Gasteiger partial charge is 0.0623 e. The molecule has 0 saturated carbocycles. The van der Waals surface area contributed by atoms with Crippen LogP contribution in [0.1, 0.15) is 38.3 Å². The molecule has 0 aromatic heterocycles. The van der Waals surface area contributed by atoms with Gasteiger partial charge < -0.3 is 10.1 Å². The largest absolute Gasteiger partial charge is 0.379 e. The molecule has 0 heterocycles. The molecule has 1 aromatic carbocycles. The number of benzene rings is 1. The van der Waals surface area contributed by atoms with E-state index in [1.807, 2.05) is 25.2 Å². The number of hydrogen-bond acceptors (Lipinski definition) is 2. The molecule has 0 bridgehead atoms. The zero-order valence-electron chi connectivity index (χ0n) is 11.1. The Kier molecular flexibility index (Phi) is 5.44. The van der Waals surface area contributed by atoms with Crippen LogP contribution in [0, 0.1) is 0 Å². The van der Waals surface area contributed by atoms with Crippen molar-refractivity contribution in [3.8, 4) is 0 Å². The molecular formula is C14H22ClNO. The van der Waals surface area contributed by atoms with Crippen LogP contribution in [0.15, 0.2) is 24.3 Å². The minimum atomic E-state index is -0.0869. The summed E-state index contributed by atoms with van der Waals surface area (Å²) in [6, 6.07) is 8.26. The molecule has 3 heteroatoms. The molecule has 17 heavy (non-hydrogen) atoms. The summed E-state index contributed by atoms with van der Waals surface area (Å²) in [4.78, 5) is 0. The van der Waals surface area contributed by atoms with Crippen LogP contribution in [0.4, 0.5) is 0 Å².